The fourth-order valence-electron chi connectivity index (χ4n) is 8.72. The predicted molar refractivity (Wildman–Crippen MR) is 325 cm³/mol. The Morgan fingerprint density at radius 1 is 0.480 bits per heavy atom. The standard InChI is InChI=1S/C66H119N2O6P/c1-6-8-10-12-14-16-18-20-22-24-26-28-30-31-32-33-34-35-36-37-38-40-42-44-46-48-50-52-54-56-58-60-66(70)67-64(63-74-75(71,72)73-62-61-68(3,4)5)65(69)59-57-55-53-51-49-47-45-43-41-39-29-27-25-23-21-19-17-15-13-11-9-7-2/h8,10,14,16,20,22,26,28,31-32,34-35,37-38,57,59,64-65,69H,6-7,9,11-13,15,17-19,21,23-25,27,29-30,33,36,39-56,58,60-63H2,1-5H3,(H-,67,70,71,72)/b10-8-,16-14-,22-20-,28-26-,32-31-,35-34-,38-37-,59-57+. The van der Waals surface area contributed by atoms with Gasteiger partial charge in [0, 0.05) is 6.42 Å². The molecule has 0 radical (unpaired) electrons. The van der Waals surface area contributed by atoms with E-state index in [9.17, 15) is 19.4 Å². The molecule has 0 saturated heterocycles. The number of nitrogens with one attached hydrogen (secondary N) is 1. The lowest BCUT2D eigenvalue weighted by atomic mass is 10.0. The van der Waals surface area contributed by atoms with Gasteiger partial charge in [-0.2, -0.15) is 0 Å². The van der Waals surface area contributed by atoms with Crippen LogP contribution in [0.1, 0.15) is 264 Å². The lowest BCUT2D eigenvalue weighted by molar-refractivity contribution is -0.870. The maximum atomic E-state index is 13.0. The van der Waals surface area contributed by atoms with Crippen molar-refractivity contribution < 1.29 is 32.9 Å². The molecule has 2 N–H and O–H groups in total. The van der Waals surface area contributed by atoms with Crippen molar-refractivity contribution in [3.8, 4) is 0 Å². The number of phosphoric ester groups is 1. The predicted octanol–water partition coefficient (Wildman–Crippen LogP) is 18.7. The first kappa shape index (κ1) is 72.4. The highest BCUT2D eigenvalue weighted by Crippen LogP contribution is 2.38. The summed E-state index contributed by atoms with van der Waals surface area (Å²) in [5.74, 6) is -0.205. The molecule has 0 aromatic carbocycles. The summed E-state index contributed by atoms with van der Waals surface area (Å²) in [6, 6.07) is -0.897. The van der Waals surface area contributed by atoms with Gasteiger partial charge in [-0.15, -0.1) is 0 Å². The number of hydrogen-bond donors (Lipinski definition) is 2. The van der Waals surface area contributed by atoms with Crippen LogP contribution < -0.4 is 10.2 Å². The van der Waals surface area contributed by atoms with Gasteiger partial charge in [0.15, 0.2) is 0 Å². The van der Waals surface area contributed by atoms with E-state index in [0.717, 1.165) is 89.9 Å². The maximum Gasteiger partial charge on any atom is 0.268 e. The molecule has 0 aromatic rings. The summed E-state index contributed by atoms with van der Waals surface area (Å²) in [6.45, 7) is 4.55. The number of aliphatic hydroxyl groups excluding tert-OH is 1. The first-order chi connectivity index (χ1) is 36.5. The zero-order valence-electron chi connectivity index (χ0n) is 49.5. The first-order valence-corrected chi connectivity index (χ1v) is 32.6. The van der Waals surface area contributed by atoms with Gasteiger partial charge in [0.25, 0.3) is 7.82 Å². The number of likely N-dealkylation sites (N-methyl/N-ethyl adjacent to an activating group) is 1. The third kappa shape index (κ3) is 58.9. The molecular formula is C66H119N2O6P. The molecular weight excluding hydrogens is 948 g/mol. The highest BCUT2D eigenvalue weighted by molar-refractivity contribution is 7.45. The maximum absolute atomic E-state index is 13.0. The van der Waals surface area contributed by atoms with Crippen LogP contribution in [-0.4, -0.2) is 68.5 Å². The van der Waals surface area contributed by atoms with Crippen LogP contribution in [0.5, 0.6) is 0 Å². The van der Waals surface area contributed by atoms with E-state index in [1.807, 2.05) is 27.2 Å². The molecule has 0 rings (SSSR count). The van der Waals surface area contributed by atoms with Gasteiger partial charge in [-0.05, 0) is 77.0 Å². The van der Waals surface area contributed by atoms with Crippen LogP contribution in [0.25, 0.3) is 0 Å². The monoisotopic (exact) mass is 1070 g/mol. The van der Waals surface area contributed by atoms with Crippen LogP contribution in [0.4, 0.5) is 0 Å². The number of nitrogens with zero attached hydrogens (tertiary/aromatic N) is 1. The molecule has 0 heterocycles. The molecule has 0 bridgehead atoms. The second kappa shape index (κ2) is 56.2. The largest absolute Gasteiger partial charge is 0.756 e. The highest BCUT2D eigenvalue weighted by atomic mass is 31.2. The van der Waals surface area contributed by atoms with E-state index >= 15 is 0 Å². The topological polar surface area (TPSA) is 108 Å². The number of hydrogen-bond acceptors (Lipinski definition) is 6. The van der Waals surface area contributed by atoms with E-state index in [2.05, 4.69) is 104 Å². The van der Waals surface area contributed by atoms with Crippen LogP contribution in [0.3, 0.4) is 0 Å². The van der Waals surface area contributed by atoms with Crippen LogP contribution >= 0.6 is 7.82 Å². The van der Waals surface area contributed by atoms with E-state index in [1.54, 1.807) is 6.08 Å². The minimum atomic E-state index is -4.61. The number of carbonyl (C=O) groups is 1. The number of unbranched alkanes of at least 4 members (excludes halogenated alkanes) is 29. The van der Waals surface area contributed by atoms with Crippen molar-refractivity contribution in [1.29, 1.82) is 0 Å². The Kier molecular flexibility index (Phi) is 54.2. The number of quaternary nitrogens is 1. The molecule has 3 unspecified atom stereocenters. The minimum Gasteiger partial charge on any atom is -0.756 e. The summed E-state index contributed by atoms with van der Waals surface area (Å²) in [4.78, 5) is 25.6. The molecule has 0 aliphatic rings. The van der Waals surface area contributed by atoms with E-state index in [4.69, 9.17) is 9.05 Å². The van der Waals surface area contributed by atoms with Crippen molar-refractivity contribution in [2.24, 2.45) is 0 Å². The normalized spacial score (nSPS) is 14.5. The molecule has 8 nitrogen and oxygen atoms in total. The smallest absolute Gasteiger partial charge is 0.268 e. The van der Waals surface area contributed by atoms with Gasteiger partial charge in [0.05, 0.1) is 39.9 Å². The van der Waals surface area contributed by atoms with Crippen LogP contribution in [0, 0.1) is 0 Å². The van der Waals surface area contributed by atoms with Crippen molar-refractivity contribution in [2.75, 3.05) is 40.9 Å². The summed E-state index contributed by atoms with van der Waals surface area (Å²) in [5.41, 5.74) is 0. The van der Waals surface area contributed by atoms with Crippen LogP contribution in [0.15, 0.2) is 97.2 Å². The van der Waals surface area contributed by atoms with E-state index in [-0.39, 0.29) is 19.1 Å². The van der Waals surface area contributed by atoms with Crippen molar-refractivity contribution in [1.82, 2.24) is 5.32 Å². The van der Waals surface area contributed by atoms with Gasteiger partial charge in [-0.25, -0.2) is 0 Å². The Hall–Kier alpha value is -2.58. The SMILES string of the molecule is CC/C=C\C/C=C\C/C=C\C/C=C\C/C=C\C/C=C\C/C=C\CCCCCCCCCCCC(=O)NC(COP(=O)([O-])OCC[N+](C)(C)C)C(O)/C=C/CCCCCCCCCCCCCCCCCCCCCC. The lowest BCUT2D eigenvalue weighted by Crippen LogP contribution is -2.45. The van der Waals surface area contributed by atoms with Gasteiger partial charge in [0.2, 0.25) is 5.91 Å². The Morgan fingerprint density at radius 3 is 1.19 bits per heavy atom. The number of phosphoric acid groups is 1. The molecule has 0 aliphatic heterocycles. The fraction of sp³-hybridized carbons (Fsp3) is 0.742. The molecule has 9 heteroatoms. The second-order valence-electron chi connectivity index (χ2n) is 22.0. The number of aliphatic hydroxyl groups is 1. The fourth-order valence-corrected chi connectivity index (χ4v) is 9.45. The molecule has 434 valence electrons. The second-order valence-corrected chi connectivity index (χ2v) is 23.4. The number of rotatable bonds is 56. The summed E-state index contributed by atoms with van der Waals surface area (Å²) in [5, 5.41) is 13.9. The average Bonchev–Trinajstić information content (AvgIpc) is 3.37. The Bertz CT molecular complexity index is 1540. The number of carbonyl (C=O) groups excluding carboxylic acids is 1. The molecule has 75 heavy (non-hydrogen) atoms. The average molecular weight is 1070 g/mol. The van der Waals surface area contributed by atoms with Crippen LogP contribution in [-0.2, 0) is 18.4 Å². The van der Waals surface area contributed by atoms with Crippen molar-refractivity contribution in [2.45, 2.75) is 276 Å². The first-order valence-electron chi connectivity index (χ1n) is 31.1. The zero-order valence-corrected chi connectivity index (χ0v) is 50.4. The molecule has 0 spiro atoms. The van der Waals surface area contributed by atoms with Gasteiger partial charge >= 0.3 is 0 Å². The molecule has 0 aliphatic carbocycles. The summed E-state index contributed by atoms with van der Waals surface area (Å²) in [6.07, 6.45) is 80.6. The summed E-state index contributed by atoms with van der Waals surface area (Å²) >= 11 is 0. The molecule has 0 aromatic heterocycles. The minimum absolute atomic E-state index is 0.00628. The molecule has 3 atom stereocenters. The van der Waals surface area contributed by atoms with Gasteiger partial charge in [0.1, 0.15) is 13.2 Å². The summed E-state index contributed by atoms with van der Waals surface area (Å²) in [7, 11) is 1.25. The van der Waals surface area contributed by atoms with E-state index in [1.165, 1.54) is 154 Å². The molecule has 0 fully saturated rings. The highest BCUT2D eigenvalue weighted by Gasteiger charge is 2.23. The number of amides is 1. The summed E-state index contributed by atoms with van der Waals surface area (Å²) < 4.78 is 23.4. The van der Waals surface area contributed by atoms with Crippen molar-refractivity contribution in [3.63, 3.8) is 0 Å². The third-order valence-electron chi connectivity index (χ3n) is 13.5. The van der Waals surface area contributed by atoms with E-state index < -0.39 is 20.0 Å². The Balaban J connectivity index is 4.21. The van der Waals surface area contributed by atoms with Crippen LogP contribution in [0.2, 0.25) is 0 Å². The number of allylic oxidation sites excluding steroid dienone is 15. The van der Waals surface area contributed by atoms with Gasteiger partial charge in [-0.1, -0.05) is 278 Å². The lowest BCUT2D eigenvalue weighted by Gasteiger charge is -2.29. The van der Waals surface area contributed by atoms with Gasteiger partial charge < -0.3 is 28.8 Å². The molecule has 0 saturated carbocycles. The van der Waals surface area contributed by atoms with Gasteiger partial charge in [-0.3, -0.25) is 9.36 Å². The Labute approximate surface area is 464 Å². The quantitative estimate of drug-likeness (QED) is 0.0272. The molecule has 1 amide bonds. The Morgan fingerprint density at radius 2 is 0.813 bits per heavy atom. The zero-order chi connectivity index (χ0) is 54.9. The third-order valence-corrected chi connectivity index (χ3v) is 14.5. The van der Waals surface area contributed by atoms with E-state index in [0.29, 0.717) is 17.4 Å². The van der Waals surface area contributed by atoms with Crippen molar-refractivity contribution >= 4 is 13.7 Å². The van der Waals surface area contributed by atoms with Crippen molar-refractivity contribution in [3.05, 3.63) is 97.2 Å².